The van der Waals surface area contributed by atoms with E-state index >= 15 is 0 Å². The Kier molecular flexibility index (Phi) is 4.86. The minimum atomic E-state index is -0.334. The van der Waals surface area contributed by atoms with E-state index in [0.717, 1.165) is 29.7 Å². The van der Waals surface area contributed by atoms with Gasteiger partial charge in [-0.2, -0.15) is 0 Å². The fourth-order valence-electron chi connectivity index (χ4n) is 2.28. The number of benzene rings is 2. The molecule has 0 saturated carbocycles. The summed E-state index contributed by atoms with van der Waals surface area (Å²) in [6.45, 7) is 4.09. The molecule has 1 amide bonds. The summed E-state index contributed by atoms with van der Waals surface area (Å²) in [4.78, 5) is 12.4. The molecule has 0 aliphatic rings. The van der Waals surface area contributed by atoms with Gasteiger partial charge in [-0.3, -0.25) is 4.79 Å². The van der Waals surface area contributed by atoms with E-state index in [1.807, 2.05) is 32.0 Å². The van der Waals surface area contributed by atoms with Gasteiger partial charge in [0.05, 0.1) is 5.56 Å². The highest BCUT2D eigenvalue weighted by atomic mass is 35.5. The van der Waals surface area contributed by atoms with E-state index in [9.17, 15) is 9.90 Å². The van der Waals surface area contributed by atoms with Gasteiger partial charge < -0.3 is 10.4 Å². The molecule has 0 aliphatic carbocycles. The van der Waals surface area contributed by atoms with E-state index in [4.69, 9.17) is 11.6 Å². The average Bonchev–Trinajstić information content (AvgIpc) is 2.47. The zero-order valence-corrected chi connectivity index (χ0v) is 12.9. The third kappa shape index (κ3) is 3.37. The van der Waals surface area contributed by atoms with E-state index in [-0.39, 0.29) is 17.2 Å². The predicted molar refractivity (Wildman–Crippen MR) is 86.3 cm³/mol. The predicted octanol–water partition coefficient (Wildman–Crippen LogP) is 4.42. The van der Waals surface area contributed by atoms with Crippen molar-refractivity contribution in [2.75, 3.05) is 5.32 Å². The van der Waals surface area contributed by atoms with Crippen molar-refractivity contribution in [3.8, 4) is 5.75 Å². The lowest BCUT2D eigenvalue weighted by Gasteiger charge is -2.15. The molecule has 0 saturated heterocycles. The van der Waals surface area contributed by atoms with Crippen LogP contribution < -0.4 is 5.32 Å². The number of aryl methyl sites for hydroxylation is 2. The third-order valence-electron chi connectivity index (χ3n) is 3.44. The Morgan fingerprint density at radius 1 is 1.14 bits per heavy atom. The van der Waals surface area contributed by atoms with Crippen LogP contribution in [0.1, 0.15) is 35.3 Å². The van der Waals surface area contributed by atoms with Crippen LogP contribution in [-0.2, 0) is 12.8 Å². The number of anilines is 1. The van der Waals surface area contributed by atoms with Crippen LogP contribution in [0, 0.1) is 0 Å². The first-order valence-corrected chi connectivity index (χ1v) is 7.35. The van der Waals surface area contributed by atoms with Gasteiger partial charge in [-0.05, 0) is 42.2 Å². The number of rotatable bonds is 4. The van der Waals surface area contributed by atoms with Crippen LogP contribution >= 0.6 is 11.6 Å². The van der Waals surface area contributed by atoms with Gasteiger partial charge in [0.2, 0.25) is 0 Å². The molecule has 110 valence electrons. The number of hydrogen-bond donors (Lipinski definition) is 2. The fraction of sp³-hybridized carbons (Fsp3) is 0.235. The zero-order chi connectivity index (χ0) is 15.4. The first-order valence-electron chi connectivity index (χ1n) is 6.97. The first-order chi connectivity index (χ1) is 10.1. The van der Waals surface area contributed by atoms with E-state index in [0.29, 0.717) is 5.02 Å². The summed E-state index contributed by atoms with van der Waals surface area (Å²) < 4.78 is 0. The summed E-state index contributed by atoms with van der Waals surface area (Å²) in [5, 5.41) is 13.2. The van der Waals surface area contributed by atoms with Crippen molar-refractivity contribution in [1.29, 1.82) is 0 Å². The van der Waals surface area contributed by atoms with Crippen LogP contribution in [0.4, 0.5) is 5.69 Å². The number of carbonyl (C=O) groups excluding carboxylic acids is 1. The molecule has 2 N–H and O–H groups in total. The van der Waals surface area contributed by atoms with Crippen LogP contribution in [0.15, 0.2) is 36.4 Å². The minimum Gasteiger partial charge on any atom is -0.507 e. The number of nitrogens with one attached hydrogen (secondary N) is 1. The second kappa shape index (κ2) is 6.64. The lowest BCUT2D eigenvalue weighted by molar-refractivity contribution is 0.102. The third-order valence-corrected chi connectivity index (χ3v) is 3.68. The zero-order valence-electron chi connectivity index (χ0n) is 12.1. The lowest BCUT2D eigenvalue weighted by atomic mass is 10.0. The molecule has 21 heavy (non-hydrogen) atoms. The molecule has 0 unspecified atom stereocenters. The van der Waals surface area contributed by atoms with Gasteiger partial charge in [0.25, 0.3) is 5.91 Å². The largest absolute Gasteiger partial charge is 0.507 e. The molecular weight excluding hydrogens is 286 g/mol. The van der Waals surface area contributed by atoms with Gasteiger partial charge in [0.1, 0.15) is 5.75 Å². The van der Waals surface area contributed by atoms with Crippen LogP contribution in [0.3, 0.4) is 0 Å². The number of carbonyl (C=O) groups is 1. The molecule has 0 atom stereocenters. The highest BCUT2D eigenvalue weighted by Gasteiger charge is 2.15. The monoisotopic (exact) mass is 303 g/mol. The average molecular weight is 304 g/mol. The molecule has 0 bridgehead atoms. The quantitative estimate of drug-likeness (QED) is 0.878. The number of phenols is 1. The van der Waals surface area contributed by atoms with E-state index < -0.39 is 0 Å². The number of hydrogen-bond acceptors (Lipinski definition) is 2. The van der Waals surface area contributed by atoms with Gasteiger partial charge in [0.15, 0.2) is 0 Å². The molecule has 2 aromatic carbocycles. The van der Waals surface area contributed by atoms with Gasteiger partial charge in [0, 0.05) is 10.7 Å². The molecule has 2 rings (SSSR count). The topological polar surface area (TPSA) is 49.3 Å². The van der Waals surface area contributed by atoms with Crippen molar-refractivity contribution in [2.45, 2.75) is 26.7 Å². The van der Waals surface area contributed by atoms with Crippen molar-refractivity contribution < 1.29 is 9.90 Å². The van der Waals surface area contributed by atoms with Crippen LogP contribution in [0.25, 0.3) is 0 Å². The van der Waals surface area contributed by atoms with Crippen LogP contribution in [0.5, 0.6) is 5.75 Å². The highest BCUT2D eigenvalue weighted by Crippen LogP contribution is 2.26. The standard InChI is InChI=1S/C17H18ClNO2/c1-3-11-6-5-7-12(4-2)16(11)19-17(21)14-9-8-13(18)10-15(14)20/h5-10,20H,3-4H2,1-2H3,(H,19,21). The molecule has 2 aromatic rings. The second-order valence-corrected chi connectivity index (χ2v) is 5.21. The van der Waals surface area contributed by atoms with E-state index in [2.05, 4.69) is 5.32 Å². The smallest absolute Gasteiger partial charge is 0.259 e. The maximum Gasteiger partial charge on any atom is 0.259 e. The van der Waals surface area contributed by atoms with Gasteiger partial charge in [-0.25, -0.2) is 0 Å². The molecule has 0 radical (unpaired) electrons. The number of aromatic hydroxyl groups is 1. The number of halogens is 1. The van der Waals surface area contributed by atoms with Crippen molar-refractivity contribution in [1.82, 2.24) is 0 Å². The number of amides is 1. The Balaban J connectivity index is 2.35. The molecular formula is C17H18ClNO2. The summed E-state index contributed by atoms with van der Waals surface area (Å²) in [6, 6.07) is 10.5. The summed E-state index contributed by atoms with van der Waals surface area (Å²) in [5.41, 5.74) is 3.21. The molecule has 0 aromatic heterocycles. The summed E-state index contributed by atoms with van der Waals surface area (Å²) >= 11 is 5.79. The Labute approximate surface area is 129 Å². The fourth-order valence-corrected chi connectivity index (χ4v) is 2.45. The first kappa shape index (κ1) is 15.4. The Hall–Kier alpha value is -2.00. The minimum absolute atomic E-state index is 0.118. The Morgan fingerprint density at radius 2 is 1.76 bits per heavy atom. The second-order valence-electron chi connectivity index (χ2n) is 4.77. The summed E-state index contributed by atoms with van der Waals surface area (Å²) in [6.07, 6.45) is 1.66. The normalized spacial score (nSPS) is 10.4. The summed E-state index contributed by atoms with van der Waals surface area (Å²) in [7, 11) is 0. The van der Waals surface area contributed by atoms with Crippen molar-refractivity contribution in [2.24, 2.45) is 0 Å². The maximum atomic E-state index is 12.4. The molecule has 0 spiro atoms. The van der Waals surface area contributed by atoms with Gasteiger partial charge in [-0.15, -0.1) is 0 Å². The molecule has 0 heterocycles. The molecule has 0 aliphatic heterocycles. The van der Waals surface area contributed by atoms with Gasteiger partial charge >= 0.3 is 0 Å². The molecule has 4 heteroatoms. The van der Waals surface area contributed by atoms with E-state index in [1.54, 1.807) is 6.07 Å². The Morgan fingerprint density at radius 3 is 2.29 bits per heavy atom. The molecule has 3 nitrogen and oxygen atoms in total. The maximum absolute atomic E-state index is 12.4. The van der Waals surface area contributed by atoms with Crippen molar-refractivity contribution >= 4 is 23.2 Å². The van der Waals surface area contributed by atoms with Crippen LogP contribution in [0.2, 0.25) is 5.02 Å². The molecule has 0 fully saturated rings. The van der Waals surface area contributed by atoms with Crippen molar-refractivity contribution in [3.63, 3.8) is 0 Å². The highest BCUT2D eigenvalue weighted by molar-refractivity contribution is 6.31. The summed E-state index contributed by atoms with van der Waals surface area (Å²) in [5.74, 6) is -0.452. The number of phenolic OH excluding ortho intramolecular Hbond substituents is 1. The number of para-hydroxylation sites is 1. The lowest BCUT2D eigenvalue weighted by Crippen LogP contribution is -2.15. The van der Waals surface area contributed by atoms with Gasteiger partial charge in [-0.1, -0.05) is 43.6 Å². The van der Waals surface area contributed by atoms with Crippen molar-refractivity contribution in [3.05, 3.63) is 58.1 Å². The SMILES string of the molecule is CCc1cccc(CC)c1NC(=O)c1ccc(Cl)cc1O. The van der Waals surface area contributed by atoms with Crippen LogP contribution in [-0.4, -0.2) is 11.0 Å². The Bertz CT molecular complexity index is 646. The van der Waals surface area contributed by atoms with E-state index in [1.165, 1.54) is 12.1 Å².